The van der Waals surface area contributed by atoms with Gasteiger partial charge in [-0.2, -0.15) is 0 Å². The van der Waals surface area contributed by atoms with Gasteiger partial charge in [0.25, 0.3) is 0 Å². The van der Waals surface area contributed by atoms with Crippen LogP contribution in [0.1, 0.15) is 0 Å². The van der Waals surface area contributed by atoms with Crippen molar-refractivity contribution in [3.05, 3.63) is 212 Å². The predicted molar refractivity (Wildman–Crippen MR) is 247 cm³/mol. The van der Waals surface area contributed by atoms with Gasteiger partial charge >= 0.3 is 0 Å². The van der Waals surface area contributed by atoms with Crippen molar-refractivity contribution in [1.82, 2.24) is 9.55 Å². The van der Waals surface area contributed by atoms with E-state index < -0.39 is 0 Å². The number of fused-ring (bicyclic) bond motifs is 7. The maximum Gasteiger partial charge on any atom is 0.227 e. The van der Waals surface area contributed by atoms with Gasteiger partial charge in [0.1, 0.15) is 16.7 Å². The van der Waals surface area contributed by atoms with Crippen molar-refractivity contribution in [3.63, 3.8) is 0 Å². The van der Waals surface area contributed by atoms with E-state index >= 15 is 0 Å². The Labute approximate surface area is 345 Å². The Bertz CT molecular complexity index is 3510. The molecule has 12 aromatic rings. The zero-order chi connectivity index (χ0) is 39.6. The molecule has 0 N–H and O–H groups in total. The lowest BCUT2D eigenvalue weighted by Gasteiger charge is -2.27. The van der Waals surface area contributed by atoms with Gasteiger partial charge in [-0.15, -0.1) is 0 Å². The standard InChI is InChI=1S/C55H35N3O2/c1-4-15-36(16-5-1)37-27-31-41(32-28-37)57(48-25-14-23-45-43-21-10-12-24-47(43)58(53(45)48)40-19-8-3-9-20-40)42-33-29-38(30-34-42)51-52-50(60-55(56-52)39-17-6-2-7-18-39)35-46-44-22-11-13-26-49(44)59-54(46)51/h1-35H. The van der Waals surface area contributed by atoms with Crippen molar-refractivity contribution in [1.29, 1.82) is 0 Å². The molecule has 3 heterocycles. The molecule has 3 aromatic heterocycles. The third kappa shape index (κ3) is 5.44. The van der Waals surface area contributed by atoms with Crippen LogP contribution in [0.4, 0.5) is 17.1 Å². The third-order valence-electron chi connectivity index (χ3n) is 11.6. The molecule has 12 rings (SSSR count). The summed E-state index contributed by atoms with van der Waals surface area (Å²) in [5.41, 5.74) is 14.8. The van der Waals surface area contributed by atoms with E-state index in [0.29, 0.717) is 11.5 Å². The summed E-state index contributed by atoms with van der Waals surface area (Å²) in [6.07, 6.45) is 0. The monoisotopic (exact) mass is 769 g/mol. The van der Waals surface area contributed by atoms with Gasteiger partial charge in [-0.25, -0.2) is 4.98 Å². The molecule has 0 amide bonds. The maximum atomic E-state index is 6.66. The molecule has 0 spiro atoms. The van der Waals surface area contributed by atoms with Crippen molar-refractivity contribution in [3.8, 4) is 39.4 Å². The first-order valence-corrected chi connectivity index (χ1v) is 20.2. The van der Waals surface area contributed by atoms with Crippen LogP contribution >= 0.6 is 0 Å². The molecule has 9 aromatic carbocycles. The second-order valence-electron chi connectivity index (χ2n) is 15.1. The summed E-state index contributed by atoms with van der Waals surface area (Å²) in [5.74, 6) is 0.576. The van der Waals surface area contributed by atoms with E-state index in [0.717, 1.165) is 83.5 Å². The van der Waals surface area contributed by atoms with E-state index in [4.69, 9.17) is 13.8 Å². The molecule has 0 fully saturated rings. The van der Waals surface area contributed by atoms with Crippen molar-refractivity contribution in [2.75, 3.05) is 4.90 Å². The number of oxazole rings is 1. The lowest BCUT2D eigenvalue weighted by atomic mass is 10.00. The summed E-state index contributed by atoms with van der Waals surface area (Å²) in [5, 5.41) is 4.43. The number of hydrogen-bond donors (Lipinski definition) is 0. The van der Waals surface area contributed by atoms with Gasteiger partial charge in [-0.3, -0.25) is 0 Å². The van der Waals surface area contributed by atoms with Gasteiger partial charge in [0, 0.05) is 44.2 Å². The maximum absolute atomic E-state index is 6.66. The van der Waals surface area contributed by atoms with E-state index in [1.165, 1.54) is 16.3 Å². The molecule has 0 atom stereocenters. The highest BCUT2D eigenvalue weighted by molar-refractivity contribution is 6.17. The first-order valence-electron chi connectivity index (χ1n) is 20.2. The van der Waals surface area contributed by atoms with Gasteiger partial charge in [0.05, 0.1) is 22.3 Å². The van der Waals surface area contributed by atoms with E-state index in [1.807, 2.05) is 48.5 Å². The van der Waals surface area contributed by atoms with Crippen molar-refractivity contribution in [2.24, 2.45) is 0 Å². The summed E-state index contributed by atoms with van der Waals surface area (Å²) in [6.45, 7) is 0. The number of hydrogen-bond acceptors (Lipinski definition) is 4. The fourth-order valence-electron chi connectivity index (χ4n) is 8.88. The highest BCUT2D eigenvalue weighted by atomic mass is 16.4. The van der Waals surface area contributed by atoms with Gasteiger partial charge in [-0.1, -0.05) is 140 Å². The SMILES string of the molecule is c1ccc(-c2ccc(N(c3ccc(-c4c5nc(-c6ccccc6)oc5cc5c4oc4ccccc45)cc3)c3cccc4c5ccccc5n(-c5ccccc5)c34)cc2)cc1. The summed E-state index contributed by atoms with van der Waals surface area (Å²) < 4.78 is 15.6. The smallest absolute Gasteiger partial charge is 0.227 e. The average molecular weight is 770 g/mol. The molecule has 0 saturated heterocycles. The number of aromatic nitrogens is 2. The minimum absolute atomic E-state index is 0.576. The van der Waals surface area contributed by atoms with Crippen LogP contribution in [0.5, 0.6) is 0 Å². The van der Waals surface area contributed by atoms with Crippen LogP contribution in [-0.4, -0.2) is 9.55 Å². The second-order valence-corrected chi connectivity index (χ2v) is 15.1. The Balaban J connectivity index is 1.08. The van der Waals surface area contributed by atoms with Crippen molar-refractivity contribution in [2.45, 2.75) is 0 Å². The van der Waals surface area contributed by atoms with Crippen LogP contribution in [-0.2, 0) is 0 Å². The van der Waals surface area contributed by atoms with Crippen LogP contribution in [0, 0.1) is 0 Å². The highest BCUT2D eigenvalue weighted by Gasteiger charge is 2.24. The molecule has 0 bridgehead atoms. The molecule has 60 heavy (non-hydrogen) atoms. The Kier molecular flexibility index (Phi) is 7.78. The zero-order valence-corrected chi connectivity index (χ0v) is 32.4. The number of para-hydroxylation sites is 4. The molecular formula is C55H35N3O2. The number of benzene rings is 9. The number of furan rings is 1. The summed E-state index contributed by atoms with van der Waals surface area (Å²) in [6, 6.07) is 74.5. The number of nitrogens with zero attached hydrogens (tertiary/aromatic N) is 3. The normalized spacial score (nSPS) is 11.7. The topological polar surface area (TPSA) is 47.3 Å². The molecule has 0 unspecified atom stereocenters. The summed E-state index contributed by atoms with van der Waals surface area (Å²) in [7, 11) is 0. The minimum atomic E-state index is 0.576. The number of anilines is 3. The lowest BCUT2D eigenvalue weighted by Crippen LogP contribution is -2.11. The van der Waals surface area contributed by atoms with E-state index in [-0.39, 0.29) is 0 Å². The van der Waals surface area contributed by atoms with Crippen LogP contribution in [0.3, 0.4) is 0 Å². The molecule has 5 nitrogen and oxygen atoms in total. The largest absolute Gasteiger partial charge is 0.455 e. The van der Waals surface area contributed by atoms with Crippen molar-refractivity contribution < 1.29 is 8.83 Å². The molecule has 0 saturated carbocycles. The summed E-state index contributed by atoms with van der Waals surface area (Å²) >= 11 is 0. The molecule has 0 aliphatic heterocycles. The zero-order valence-electron chi connectivity index (χ0n) is 32.4. The predicted octanol–water partition coefficient (Wildman–Crippen LogP) is 15.3. The molecular weight excluding hydrogens is 735 g/mol. The molecule has 0 aliphatic carbocycles. The number of rotatable bonds is 7. The fraction of sp³-hybridized carbons (Fsp3) is 0. The van der Waals surface area contributed by atoms with Crippen LogP contribution in [0.15, 0.2) is 221 Å². The highest BCUT2D eigenvalue weighted by Crippen LogP contribution is 2.46. The van der Waals surface area contributed by atoms with Crippen LogP contribution < -0.4 is 4.90 Å². The minimum Gasteiger partial charge on any atom is -0.455 e. The van der Waals surface area contributed by atoms with Crippen LogP contribution in [0.2, 0.25) is 0 Å². The average Bonchev–Trinajstić information content (AvgIpc) is 4.02. The Morgan fingerprint density at radius 3 is 1.73 bits per heavy atom. The van der Waals surface area contributed by atoms with Crippen molar-refractivity contribution >= 4 is 71.9 Å². The Morgan fingerprint density at radius 1 is 0.417 bits per heavy atom. The van der Waals surface area contributed by atoms with E-state index in [9.17, 15) is 0 Å². The van der Waals surface area contributed by atoms with Gasteiger partial charge in [-0.05, 0) is 89.5 Å². The quantitative estimate of drug-likeness (QED) is 0.162. The molecule has 5 heteroatoms. The van der Waals surface area contributed by atoms with Gasteiger partial charge < -0.3 is 18.3 Å². The van der Waals surface area contributed by atoms with E-state index in [1.54, 1.807) is 0 Å². The Hall–Kier alpha value is -8.15. The molecule has 0 radical (unpaired) electrons. The third-order valence-corrected chi connectivity index (χ3v) is 11.6. The summed E-state index contributed by atoms with van der Waals surface area (Å²) in [4.78, 5) is 7.49. The first-order chi connectivity index (χ1) is 29.8. The molecule has 0 aliphatic rings. The van der Waals surface area contributed by atoms with Gasteiger partial charge in [0.15, 0.2) is 5.58 Å². The first kappa shape index (κ1) is 33.9. The second kappa shape index (κ2) is 13.8. The molecule has 282 valence electrons. The Morgan fingerprint density at radius 2 is 1.00 bits per heavy atom. The van der Waals surface area contributed by atoms with Gasteiger partial charge in [0.2, 0.25) is 5.89 Å². The van der Waals surface area contributed by atoms with Crippen LogP contribution in [0.25, 0.3) is 94.2 Å². The fourth-order valence-corrected chi connectivity index (χ4v) is 8.88. The lowest BCUT2D eigenvalue weighted by molar-refractivity contribution is 0.620. The van der Waals surface area contributed by atoms with E-state index in [2.05, 4.69) is 173 Å².